The van der Waals surface area contributed by atoms with Crippen LogP contribution in [0.4, 0.5) is 11.6 Å². The summed E-state index contributed by atoms with van der Waals surface area (Å²) >= 11 is 0. The van der Waals surface area contributed by atoms with E-state index < -0.39 is 0 Å². The summed E-state index contributed by atoms with van der Waals surface area (Å²) in [6.07, 6.45) is 6.34. The van der Waals surface area contributed by atoms with Crippen molar-refractivity contribution < 1.29 is 4.79 Å². The van der Waals surface area contributed by atoms with Gasteiger partial charge >= 0.3 is 0 Å². The molecule has 3 aromatic rings. The molecule has 0 spiro atoms. The van der Waals surface area contributed by atoms with Gasteiger partial charge in [0.2, 0.25) is 5.95 Å². The maximum atomic E-state index is 14.1. The van der Waals surface area contributed by atoms with Crippen LogP contribution >= 0.6 is 0 Å². The molecule has 0 bridgehead atoms. The zero-order chi connectivity index (χ0) is 25.4. The van der Waals surface area contributed by atoms with Crippen molar-refractivity contribution in [2.24, 2.45) is 0 Å². The van der Waals surface area contributed by atoms with Gasteiger partial charge < -0.3 is 10.2 Å². The summed E-state index contributed by atoms with van der Waals surface area (Å²) in [5, 5.41) is 5.77. The SMILES string of the molecule is CCCCNc1ncc2c3ccc(N4CC(C)N(C)CC4C)cc3c(=O)n(C3CCC(=O)CC3)c2n1. The highest BCUT2D eigenvalue weighted by atomic mass is 16.1. The second-order valence-corrected chi connectivity index (χ2v) is 10.7. The van der Waals surface area contributed by atoms with Gasteiger partial charge in [0, 0.05) is 67.9 Å². The molecular weight excluding hydrogens is 452 g/mol. The molecule has 1 saturated heterocycles. The first-order valence-electron chi connectivity index (χ1n) is 13.4. The molecule has 1 saturated carbocycles. The van der Waals surface area contributed by atoms with E-state index in [4.69, 9.17) is 4.98 Å². The molecule has 5 rings (SSSR count). The standard InChI is InChI=1S/C28H38N6O2/c1-5-6-13-29-28-30-15-25-23-12-9-21(33-17-18(2)32(4)16-19(33)3)14-24(23)27(36)34(26(25)31-28)20-7-10-22(35)11-8-20/h9,12,14-15,18-20H,5-8,10-11,13,16-17H2,1-4H3,(H,29,30,31). The molecule has 2 aromatic heterocycles. The number of anilines is 2. The van der Waals surface area contributed by atoms with Crippen LogP contribution in [-0.4, -0.2) is 64.0 Å². The fourth-order valence-electron chi connectivity index (χ4n) is 5.74. The first kappa shape index (κ1) is 24.7. The minimum atomic E-state index is -0.0354. The first-order valence-corrected chi connectivity index (χ1v) is 13.4. The third-order valence-corrected chi connectivity index (χ3v) is 8.06. The normalized spacial score (nSPS) is 22.0. The van der Waals surface area contributed by atoms with E-state index >= 15 is 0 Å². The number of nitrogens with zero attached hydrogens (tertiary/aromatic N) is 5. The predicted octanol–water partition coefficient (Wildman–Crippen LogP) is 4.37. The maximum absolute atomic E-state index is 14.1. The van der Waals surface area contributed by atoms with Crippen molar-refractivity contribution >= 4 is 39.2 Å². The highest BCUT2D eigenvalue weighted by Gasteiger charge is 2.28. The molecule has 0 radical (unpaired) electrons. The maximum Gasteiger partial charge on any atom is 0.260 e. The third-order valence-electron chi connectivity index (χ3n) is 8.06. The molecule has 192 valence electrons. The Morgan fingerprint density at radius 3 is 2.56 bits per heavy atom. The van der Waals surface area contributed by atoms with Crippen LogP contribution in [0.15, 0.2) is 29.2 Å². The number of likely N-dealkylation sites (N-methyl/N-ethyl adjacent to an activating group) is 1. The van der Waals surface area contributed by atoms with Gasteiger partial charge in [-0.1, -0.05) is 19.4 Å². The van der Waals surface area contributed by atoms with Crippen LogP contribution in [0.1, 0.15) is 65.3 Å². The van der Waals surface area contributed by atoms with E-state index in [2.05, 4.69) is 66.1 Å². The second-order valence-electron chi connectivity index (χ2n) is 10.7. The second kappa shape index (κ2) is 10.2. The van der Waals surface area contributed by atoms with Crippen LogP contribution in [0, 0.1) is 0 Å². The van der Waals surface area contributed by atoms with Crippen molar-refractivity contribution in [3.8, 4) is 0 Å². The monoisotopic (exact) mass is 490 g/mol. The highest BCUT2D eigenvalue weighted by Crippen LogP contribution is 2.33. The lowest BCUT2D eigenvalue weighted by Crippen LogP contribution is -2.55. The molecule has 1 aromatic carbocycles. The smallest absolute Gasteiger partial charge is 0.260 e. The third kappa shape index (κ3) is 4.59. The van der Waals surface area contributed by atoms with Crippen LogP contribution < -0.4 is 15.8 Å². The molecule has 1 N–H and O–H groups in total. The number of fused-ring (bicyclic) bond motifs is 3. The molecule has 2 unspecified atom stereocenters. The molecule has 3 heterocycles. The summed E-state index contributed by atoms with van der Waals surface area (Å²) in [5.41, 5.74) is 1.72. The van der Waals surface area contributed by atoms with Gasteiger partial charge in [-0.25, -0.2) is 4.98 Å². The lowest BCUT2D eigenvalue weighted by molar-refractivity contribution is -0.120. The van der Waals surface area contributed by atoms with Crippen LogP contribution in [0.3, 0.4) is 0 Å². The summed E-state index contributed by atoms with van der Waals surface area (Å²) in [6.45, 7) is 9.33. The van der Waals surface area contributed by atoms with Gasteiger partial charge in [0.05, 0.1) is 5.39 Å². The average molecular weight is 491 g/mol. The molecule has 0 amide bonds. The van der Waals surface area contributed by atoms with E-state index in [1.54, 1.807) is 0 Å². The van der Waals surface area contributed by atoms with Crippen molar-refractivity contribution in [2.45, 2.75) is 77.4 Å². The molecule has 1 aliphatic heterocycles. The number of Topliss-reactive ketones (excluding diaryl/α,β-unsaturated/α-hetero) is 1. The number of hydrogen-bond acceptors (Lipinski definition) is 7. The number of ketones is 1. The minimum absolute atomic E-state index is 0.0215. The number of rotatable bonds is 6. The number of pyridine rings is 1. The number of piperazine rings is 1. The molecule has 36 heavy (non-hydrogen) atoms. The van der Waals surface area contributed by atoms with E-state index in [0.29, 0.717) is 54.7 Å². The van der Waals surface area contributed by atoms with Crippen LogP contribution in [-0.2, 0) is 4.79 Å². The Labute approximate surface area is 212 Å². The van der Waals surface area contributed by atoms with Gasteiger partial charge in [0.25, 0.3) is 5.56 Å². The fourth-order valence-corrected chi connectivity index (χ4v) is 5.74. The molecule has 8 nitrogen and oxygen atoms in total. The van der Waals surface area contributed by atoms with Gasteiger partial charge in [0.15, 0.2) is 0 Å². The Kier molecular flexibility index (Phi) is 6.97. The Morgan fingerprint density at radius 2 is 1.81 bits per heavy atom. The molecule has 2 atom stereocenters. The quantitative estimate of drug-likeness (QED) is 0.406. The zero-order valence-electron chi connectivity index (χ0n) is 22.0. The fraction of sp³-hybridized carbons (Fsp3) is 0.571. The van der Waals surface area contributed by atoms with Crippen molar-refractivity contribution in [3.63, 3.8) is 0 Å². The minimum Gasteiger partial charge on any atom is -0.366 e. The molecule has 2 aliphatic rings. The number of nitrogens with one attached hydrogen (secondary N) is 1. The van der Waals surface area contributed by atoms with Crippen LogP contribution in [0.2, 0.25) is 0 Å². The van der Waals surface area contributed by atoms with Gasteiger partial charge in [-0.05, 0) is 57.7 Å². The van der Waals surface area contributed by atoms with Crippen LogP contribution in [0.5, 0.6) is 0 Å². The number of unbranched alkanes of at least 4 members (excludes halogenated alkanes) is 1. The first-order chi connectivity index (χ1) is 17.4. The summed E-state index contributed by atoms with van der Waals surface area (Å²) < 4.78 is 1.86. The van der Waals surface area contributed by atoms with E-state index in [9.17, 15) is 9.59 Å². The van der Waals surface area contributed by atoms with Crippen LogP contribution in [0.25, 0.3) is 21.8 Å². The summed E-state index contributed by atoms with van der Waals surface area (Å²) in [4.78, 5) is 40.3. The van der Waals surface area contributed by atoms with Gasteiger partial charge in [-0.2, -0.15) is 4.98 Å². The Bertz CT molecular complexity index is 1330. The average Bonchev–Trinajstić information content (AvgIpc) is 2.87. The number of aromatic nitrogens is 3. The predicted molar refractivity (Wildman–Crippen MR) is 146 cm³/mol. The molecule has 2 fully saturated rings. The Morgan fingerprint density at radius 1 is 1.03 bits per heavy atom. The Hall–Kier alpha value is -3.00. The van der Waals surface area contributed by atoms with Gasteiger partial charge in [-0.3, -0.25) is 19.1 Å². The van der Waals surface area contributed by atoms with Crippen molar-refractivity contribution in [1.82, 2.24) is 19.4 Å². The Balaban J connectivity index is 1.65. The van der Waals surface area contributed by atoms with Crippen molar-refractivity contribution in [3.05, 3.63) is 34.7 Å². The van der Waals surface area contributed by atoms with E-state index in [-0.39, 0.29) is 17.4 Å². The lowest BCUT2D eigenvalue weighted by Gasteiger charge is -2.44. The summed E-state index contributed by atoms with van der Waals surface area (Å²) in [7, 11) is 2.17. The van der Waals surface area contributed by atoms with E-state index in [1.807, 2.05) is 10.8 Å². The van der Waals surface area contributed by atoms with E-state index in [0.717, 1.165) is 48.9 Å². The number of carbonyl (C=O) groups is 1. The largest absolute Gasteiger partial charge is 0.366 e. The number of hydrogen-bond donors (Lipinski definition) is 1. The van der Waals surface area contributed by atoms with E-state index in [1.165, 1.54) is 0 Å². The van der Waals surface area contributed by atoms with Gasteiger partial charge in [-0.15, -0.1) is 0 Å². The number of benzene rings is 1. The molecule has 8 heteroatoms. The highest BCUT2D eigenvalue weighted by molar-refractivity contribution is 6.05. The summed E-state index contributed by atoms with van der Waals surface area (Å²) in [5.74, 6) is 0.827. The topological polar surface area (TPSA) is 83.4 Å². The molecule has 1 aliphatic carbocycles. The summed E-state index contributed by atoms with van der Waals surface area (Å²) in [6, 6.07) is 7.02. The number of carbonyl (C=O) groups excluding carboxylic acids is 1. The lowest BCUT2D eigenvalue weighted by atomic mass is 9.93. The van der Waals surface area contributed by atoms with Gasteiger partial charge in [0.1, 0.15) is 11.4 Å². The van der Waals surface area contributed by atoms with Crippen molar-refractivity contribution in [2.75, 3.05) is 36.9 Å². The molecular formula is C28H38N6O2. The zero-order valence-corrected chi connectivity index (χ0v) is 22.0. The van der Waals surface area contributed by atoms with Crippen molar-refractivity contribution in [1.29, 1.82) is 0 Å².